The summed E-state index contributed by atoms with van der Waals surface area (Å²) in [5, 5.41) is 7.08. The van der Waals surface area contributed by atoms with Crippen LogP contribution in [0.3, 0.4) is 0 Å². The maximum absolute atomic E-state index is 14.8. The van der Waals surface area contributed by atoms with Crippen LogP contribution in [0.25, 0.3) is 43.1 Å². The lowest BCUT2D eigenvalue weighted by molar-refractivity contribution is 0.0500. The van der Waals surface area contributed by atoms with Crippen LogP contribution in [0.1, 0.15) is 198 Å². The maximum Gasteiger partial charge on any atom is 0.262 e. The zero-order valence-corrected chi connectivity index (χ0v) is 39.4. The van der Waals surface area contributed by atoms with Crippen LogP contribution < -0.4 is 0 Å². The highest BCUT2D eigenvalue weighted by atomic mass is 127. The average Bonchev–Trinajstić information content (AvgIpc) is 3.21. The lowest BCUT2D eigenvalue weighted by Gasteiger charge is -2.36. The smallest absolute Gasteiger partial charge is 0.262 e. The van der Waals surface area contributed by atoms with Gasteiger partial charge < -0.3 is 0 Å². The highest BCUT2D eigenvalue weighted by Crippen LogP contribution is 2.49. The van der Waals surface area contributed by atoms with Crippen molar-refractivity contribution in [3.8, 4) is 0 Å². The molecule has 4 amide bonds. The van der Waals surface area contributed by atoms with Gasteiger partial charge in [-0.2, -0.15) is 0 Å². The van der Waals surface area contributed by atoms with Gasteiger partial charge in [-0.25, -0.2) is 0 Å². The first-order valence-corrected chi connectivity index (χ1v) is 24.7. The third-order valence-corrected chi connectivity index (χ3v) is 14.8. The highest BCUT2D eigenvalue weighted by molar-refractivity contribution is 14.1. The van der Waals surface area contributed by atoms with E-state index in [0.29, 0.717) is 22.3 Å². The van der Waals surface area contributed by atoms with Gasteiger partial charge in [0.2, 0.25) is 0 Å². The summed E-state index contributed by atoms with van der Waals surface area (Å²) in [7, 11) is 0. The van der Waals surface area contributed by atoms with Gasteiger partial charge >= 0.3 is 0 Å². The van der Waals surface area contributed by atoms with E-state index in [1.54, 1.807) is 9.80 Å². The lowest BCUT2D eigenvalue weighted by Crippen LogP contribution is -2.47. The standard InChI is InChI=1S/C50H60I2N2O4/c1-5-9-13-17-21-31(22-18-14-10-6-2)53-47(55)35-27-25-33-34-26-28-36-44-42(34)38(37-29-39(51)45(49(53)57)43(35)41(33)37)30-40(52)46(44)50(58)54(48(36)56)32(23-19-15-11-7-3)24-20-16-12-8-4/h25-32H,5-24H2,1-4H3. The van der Waals surface area contributed by atoms with Crippen LogP contribution in [0.4, 0.5) is 0 Å². The monoisotopic (exact) mass is 1010 g/mol. The van der Waals surface area contributed by atoms with Crippen LogP contribution in [0.2, 0.25) is 0 Å². The molecule has 0 saturated heterocycles. The molecule has 6 nitrogen and oxygen atoms in total. The molecule has 0 aromatic heterocycles. The van der Waals surface area contributed by atoms with Gasteiger partial charge in [0.05, 0.1) is 11.1 Å². The number of amides is 4. The van der Waals surface area contributed by atoms with Crippen LogP contribution in [0, 0.1) is 7.14 Å². The second-order valence-electron chi connectivity index (χ2n) is 17.0. The first kappa shape index (κ1) is 43.2. The highest BCUT2D eigenvalue weighted by Gasteiger charge is 2.42. The quantitative estimate of drug-likeness (QED) is 0.0228. The second-order valence-corrected chi connectivity index (χ2v) is 19.4. The Morgan fingerprint density at radius 2 is 0.741 bits per heavy atom. The van der Waals surface area contributed by atoms with Crippen molar-refractivity contribution < 1.29 is 19.2 Å². The molecule has 0 spiro atoms. The number of unbranched alkanes of at least 4 members (excludes halogenated alkanes) is 12. The van der Waals surface area contributed by atoms with Crippen molar-refractivity contribution in [2.24, 2.45) is 0 Å². The minimum atomic E-state index is -0.186. The Bertz CT molecular complexity index is 2160. The molecule has 2 aliphatic heterocycles. The Labute approximate surface area is 372 Å². The Hall–Kier alpha value is -2.86. The number of nitrogens with zero attached hydrogens (tertiary/aromatic N) is 2. The van der Waals surface area contributed by atoms with E-state index in [-0.39, 0.29) is 35.7 Å². The lowest BCUT2D eigenvalue weighted by atomic mass is 9.81. The molecule has 0 atom stereocenters. The van der Waals surface area contributed by atoms with E-state index in [4.69, 9.17) is 0 Å². The number of benzene rings is 5. The van der Waals surface area contributed by atoms with Crippen molar-refractivity contribution in [3.63, 3.8) is 0 Å². The molecule has 0 N–H and O–H groups in total. The van der Waals surface area contributed by atoms with Gasteiger partial charge in [-0.1, -0.05) is 143 Å². The van der Waals surface area contributed by atoms with Crippen LogP contribution in [-0.2, 0) is 0 Å². The molecule has 0 bridgehead atoms. The van der Waals surface area contributed by atoms with Crippen molar-refractivity contribution in [1.29, 1.82) is 0 Å². The SMILES string of the molecule is CCCCCCC(CCCCCC)N1C(=O)c2ccc3c4ccc5c6c(c(I)cc(c7cc(I)c(c2c37)C1=O)c64)C(=O)N(C(CCCCCC)CCCCCC)C5=O. The minimum absolute atomic E-state index is 0.125. The zero-order valence-electron chi connectivity index (χ0n) is 35.0. The third kappa shape index (κ3) is 7.91. The fourth-order valence-electron chi connectivity index (χ4n) is 10.1. The molecule has 308 valence electrons. The summed E-state index contributed by atoms with van der Waals surface area (Å²) in [6.45, 7) is 8.83. The van der Waals surface area contributed by atoms with Gasteiger partial charge in [0.1, 0.15) is 0 Å². The number of halogens is 2. The maximum atomic E-state index is 14.8. The number of rotatable bonds is 22. The number of hydrogen-bond acceptors (Lipinski definition) is 4. The van der Waals surface area contributed by atoms with Crippen LogP contribution in [0.15, 0.2) is 36.4 Å². The zero-order chi connectivity index (χ0) is 41.1. The fraction of sp³-hybridized carbons (Fsp3) is 0.520. The first-order valence-electron chi connectivity index (χ1n) is 22.5. The summed E-state index contributed by atoms with van der Waals surface area (Å²) in [4.78, 5) is 62.2. The van der Waals surface area contributed by atoms with Crippen molar-refractivity contribution in [2.45, 2.75) is 168 Å². The summed E-state index contributed by atoms with van der Waals surface area (Å²) in [5.41, 5.74) is 2.43. The summed E-state index contributed by atoms with van der Waals surface area (Å²) in [6, 6.07) is 11.9. The van der Waals surface area contributed by atoms with Gasteiger partial charge in [0.15, 0.2) is 0 Å². The Morgan fingerprint density at radius 3 is 1.05 bits per heavy atom. The summed E-state index contributed by atoms with van der Waals surface area (Å²) in [6.07, 6.45) is 21.0. The topological polar surface area (TPSA) is 74.8 Å². The molecule has 0 radical (unpaired) electrons. The van der Waals surface area contributed by atoms with E-state index in [9.17, 15) is 19.2 Å². The van der Waals surface area contributed by atoms with Crippen LogP contribution in [-0.4, -0.2) is 45.5 Å². The van der Waals surface area contributed by atoms with Crippen LogP contribution >= 0.6 is 45.2 Å². The summed E-state index contributed by atoms with van der Waals surface area (Å²) < 4.78 is 1.64. The van der Waals surface area contributed by atoms with E-state index < -0.39 is 0 Å². The molecular weight excluding hydrogens is 946 g/mol. The van der Waals surface area contributed by atoms with Crippen molar-refractivity contribution in [3.05, 3.63) is 65.8 Å². The predicted molar refractivity (Wildman–Crippen MR) is 257 cm³/mol. The molecule has 2 aliphatic rings. The molecule has 8 heteroatoms. The van der Waals surface area contributed by atoms with Gasteiger partial charge in [-0.3, -0.25) is 29.0 Å². The average molecular weight is 1010 g/mol. The van der Waals surface area contributed by atoms with Gasteiger partial charge in [-0.15, -0.1) is 0 Å². The molecule has 5 aromatic rings. The third-order valence-electron chi connectivity index (χ3n) is 13.1. The van der Waals surface area contributed by atoms with E-state index >= 15 is 0 Å². The molecule has 2 heterocycles. The number of hydrogen-bond donors (Lipinski definition) is 0. The van der Waals surface area contributed by atoms with E-state index in [0.717, 1.165) is 179 Å². The van der Waals surface area contributed by atoms with Gasteiger partial charge in [-0.05, 0) is 127 Å². The summed E-state index contributed by atoms with van der Waals surface area (Å²) >= 11 is 4.60. The van der Waals surface area contributed by atoms with Gasteiger partial charge in [0.25, 0.3) is 23.6 Å². The Morgan fingerprint density at radius 1 is 0.414 bits per heavy atom. The number of imide groups is 2. The van der Waals surface area contributed by atoms with Crippen LogP contribution in [0.5, 0.6) is 0 Å². The molecule has 7 rings (SSSR count). The number of fused-ring (bicyclic) bond motifs is 2. The molecule has 0 saturated carbocycles. The molecule has 0 fully saturated rings. The van der Waals surface area contributed by atoms with E-state index in [1.165, 1.54) is 0 Å². The Balaban J connectivity index is 1.35. The molecule has 5 aromatic carbocycles. The second kappa shape index (κ2) is 19.2. The molecular formula is C50H60I2N2O4. The van der Waals surface area contributed by atoms with Gasteiger partial charge in [0, 0.05) is 41.1 Å². The predicted octanol–water partition coefficient (Wildman–Crippen LogP) is 14.8. The van der Waals surface area contributed by atoms with E-state index in [1.807, 2.05) is 24.3 Å². The van der Waals surface area contributed by atoms with E-state index in [2.05, 4.69) is 85.0 Å². The van der Waals surface area contributed by atoms with Crippen molar-refractivity contribution in [1.82, 2.24) is 9.80 Å². The fourth-order valence-corrected chi connectivity index (χ4v) is 11.7. The number of carbonyl (C=O) groups is 4. The molecule has 0 unspecified atom stereocenters. The minimum Gasteiger partial charge on any atom is -0.271 e. The first-order chi connectivity index (χ1) is 28.2. The van der Waals surface area contributed by atoms with Crippen molar-refractivity contribution in [2.75, 3.05) is 0 Å². The normalized spacial score (nSPS) is 14.4. The molecule has 0 aliphatic carbocycles. The Kier molecular flexibility index (Phi) is 14.3. The summed E-state index contributed by atoms with van der Waals surface area (Å²) in [5.74, 6) is -0.729. The number of carbonyl (C=O) groups excluding carboxylic acids is 4. The largest absolute Gasteiger partial charge is 0.271 e. The molecule has 58 heavy (non-hydrogen) atoms. The van der Waals surface area contributed by atoms with Crippen molar-refractivity contribution >= 4 is 112 Å².